The number of methoxy groups -OCH3 is 1. The molecule has 3 aliphatic heterocycles. The summed E-state index contributed by atoms with van der Waals surface area (Å²) in [5.74, 6) is -1.44. The molecule has 1 aromatic heterocycles. The predicted molar refractivity (Wildman–Crippen MR) is 161 cm³/mol. The van der Waals surface area contributed by atoms with Gasteiger partial charge in [-0.25, -0.2) is 0 Å². The molecular weight excluding hydrogens is 606 g/mol. The van der Waals surface area contributed by atoms with Crippen molar-refractivity contribution in [3.05, 3.63) is 38.3 Å². The van der Waals surface area contributed by atoms with Gasteiger partial charge in [-0.2, -0.15) is 0 Å². The monoisotopic (exact) mass is 641 g/mol. The average Bonchev–Trinajstić information content (AvgIpc) is 3.76. The Hall–Kier alpha value is -3.32. The Morgan fingerprint density at radius 1 is 1.05 bits per heavy atom. The Bertz CT molecular complexity index is 1560. The summed E-state index contributed by atoms with van der Waals surface area (Å²) in [6.07, 6.45) is 4.06. The topological polar surface area (TPSA) is 146 Å². The molecule has 1 aromatic carbocycles. The fraction of sp³-hybridized carbons (Fsp3) is 0.581. The summed E-state index contributed by atoms with van der Waals surface area (Å²) in [6, 6.07) is 5.68. The molecule has 3 amide bonds. The summed E-state index contributed by atoms with van der Waals surface area (Å²) in [5, 5.41) is 9.91. The number of imide groups is 1. The van der Waals surface area contributed by atoms with Crippen LogP contribution in [0.1, 0.15) is 54.9 Å². The van der Waals surface area contributed by atoms with E-state index >= 15 is 0 Å². The van der Waals surface area contributed by atoms with E-state index in [1.807, 2.05) is 23.1 Å². The van der Waals surface area contributed by atoms with Crippen LogP contribution in [0.5, 0.6) is 11.5 Å². The van der Waals surface area contributed by atoms with Crippen LogP contribution in [0.4, 0.5) is 0 Å². The molecule has 2 saturated carbocycles. The third-order valence-corrected chi connectivity index (χ3v) is 12.8. The zero-order valence-electron chi connectivity index (χ0n) is 24.4. The van der Waals surface area contributed by atoms with E-state index in [4.69, 9.17) is 14.6 Å². The van der Waals surface area contributed by atoms with Crippen LogP contribution in [0.2, 0.25) is 0 Å². The first-order valence-corrected chi connectivity index (χ1v) is 17.0. The van der Waals surface area contributed by atoms with Gasteiger partial charge in [0.1, 0.15) is 0 Å². The molecule has 2 aliphatic carbocycles. The Morgan fingerprint density at radius 3 is 2.52 bits per heavy atom. The molecule has 5 aliphatic rings. The zero-order valence-corrected chi connectivity index (χ0v) is 26.0. The first-order chi connectivity index (χ1) is 21.3. The van der Waals surface area contributed by atoms with Crippen molar-refractivity contribution in [3.8, 4) is 11.5 Å². The number of aliphatic carboxylic acids is 1. The minimum atomic E-state index is -0.949. The van der Waals surface area contributed by atoms with Gasteiger partial charge in [-0.15, -0.1) is 11.8 Å². The van der Waals surface area contributed by atoms with Gasteiger partial charge in [0.15, 0.2) is 18.1 Å². The number of aromatic nitrogens is 1. The van der Waals surface area contributed by atoms with Crippen LogP contribution in [0.25, 0.3) is 0 Å². The van der Waals surface area contributed by atoms with E-state index in [1.54, 1.807) is 18.9 Å². The first-order valence-electron chi connectivity index (χ1n) is 15.3. The summed E-state index contributed by atoms with van der Waals surface area (Å²) in [6.45, 7) is 1.55. The van der Waals surface area contributed by atoms with Crippen LogP contribution in [0.15, 0.2) is 28.0 Å². The number of amides is 3. The van der Waals surface area contributed by atoms with E-state index in [0.717, 1.165) is 54.2 Å². The molecule has 2 bridgehead atoms. The number of hydrogen-bond acceptors (Lipinski definition) is 9. The predicted octanol–water partition coefficient (Wildman–Crippen LogP) is 3.17. The van der Waals surface area contributed by atoms with Crippen molar-refractivity contribution >= 4 is 46.8 Å². The van der Waals surface area contributed by atoms with E-state index in [-0.39, 0.29) is 77.5 Å². The normalized spacial score (nSPS) is 30.2. The Morgan fingerprint density at radius 2 is 1.80 bits per heavy atom. The van der Waals surface area contributed by atoms with E-state index in [2.05, 4.69) is 4.98 Å². The number of carbonyl (C=O) groups is 4. The molecule has 11 nitrogen and oxygen atoms in total. The summed E-state index contributed by atoms with van der Waals surface area (Å²) in [5.41, 5.74) is 0.933. The fourth-order valence-corrected chi connectivity index (χ4v) is 11.3. The number of H-pyrrole nitrogens is 1. The maximum absolute atomic E-state index is 13.6. The minimum Gasteiger partial charge on any atom is -0.493 e. The number of carboxylic acids is 1. The molecule has 44 heavy (non-hydrogen) atoms. The highest BCUT2D eigenvalue weighted by molar-refractivity contribution is 8.00. The number of nitrogens with zero attached hydrogens (tertiary/aromatic N) is 2. The lowest BCUT2D eigenvalue weighted by molar-refractivity contribution is -0.142. The smallest absolute Gasteiger partial charge is 0.305 e. The number of piperidine rings is 1. The molecule has 2 N–H and O–H groups in total. The van der Waals surface area contributed by atoms with Gasteiger partial charge < -0.3 is 24.5 Å². The number of aromatic amines is 1. The number of thiazole rings is 1. The quantitative estimate of drug-likeness (QED) is 0.394. The summed E-state index contributed by atoms with van der Waals surface area (Å²) in [7, 11) is 1.56. The average molecular weight is 642 g/mol. The maximum Gasteiger partial charge on any atom is 0.305 e. The van der Waals surface area contributed by atoms with Gasteiger partial charge in [0, 0.05) is 42.1 Å². The molecule has 0 spiro atoms. The van der Waals surface area contributed by atoms with Crippen LogP contribution in [0, 0.1) is 29.6 Å². The largest absolute Gasteiger partial charge is 0.493 e. The molecule has 2 saturated heterocycles. The van der Waals surface area contributed by atoms with Gasteiger partial charge in [0.2, 0.25) is 11.8 Å². The highest BCUT2D eigenvalue weighted by Gasteiger charge is 2.69. The van der Waals surface area contributed by atoms with Crippen LogP contribution in [-0.2, 0) is 19.2 Å². The SMILES string of the molecule is COc1cc([C@H]2c3sc(=O)[nH]c3SC3C4CC(C5C(=O)N(CCCC(=O)O)C(=O)C45)C32)ccc1OCC(=O)N1CCCCC1. The molecule has 7 rings (SSSR count). The van der Waals surface area contributed by atoms with Crippen molar-refractivity contribution in [1.29, 1.82) is 0 Å². The van der Waals surface area contributed by atoms with Crippen molar-refractivity contribution in [3.63, 3.8) is 0 Å². The van der Waals surface area contributed by atoms with Gasteiger partial charge in [0.05, 0.1) is 24.0 Å². The number of rotatable bonds is 9. The molecule has 2 aromatic rings. The van der Waals surface area contributed by atoms with Gasteiger partial charge in [-0.3, -0.25) is 28.9 Å². The van der Waals surface area contributed by atoms with Crippen LogP contribution >= 0.6 is 23.1 Å². The number of benzene rings is 1. The molecule has 4 heterocycles. The molecule has 7 atom stereocenters. The lowest BCUT2D eigenvalue weighted by Crippen LogP contribution is -2.42. The van der Waals surface area contributed by atoms with Gasteiger partial charge >= 0.3 is 10.8 Å². The lowest BCUT2D eigenvalue weighted by atomic mass is 9.68. The second-order valence-electron chi connectivity index (χ2n) is 12.4. The molecular formula is C31H35N3O8S2. The van der Waals surface area contributed by atoms with Crippen molar-refractivity contribution in [2.24, 2.45) is 29.6 Å². The van der Waals surface area contributed by atoms with Crippen molar-refractivity contribution in [1.82, 2.24) is 14.8 Å². The Balaban J connectivity index is 1.17. The van der Waals surface area contributed by atoms with E-state index in [9.17, 15) is 24.0 Å². The van der Waals surface area contributed by atoms with Crippen LogP contribution in [0.3, 0.4) is 0 Å². The number of thioether (sulfide) groups is 1. The summed E-state index contributed by atoms with van der Waals surface area (Å²) in [4.78, 5) is 70.4. The van der Waals surface area contributed by atoms with E-state index in [0.29, 0.717) is 11.5 Å². The second-order valence-corrected chi connectivity index (χ2v) is 14.6. The van der Waals surface area contributed by atoms with E-state index < -0.39 is 17.8 Å². The number of hydrogen-bond donors (Lipinski definition) is 2. The van der Waals surface area contributed by atoms with Crippen molar-refractivity contribution in [2.75, 3.05) is 33.4 Å². The fourth-order valence-electron chi connectivity index (χ4n) is 8.43. The zero-order chi connectivity index (χ0) is 30.7. The van der Waals surface area contributed by atoms with Crippen molar-refractivity contribution in [2.45, 2.75) is 54.7 Å². The summed E-state index contributed by atoms with van der Waals surface area (Å²) < 4.78 is 11.7. The number of carboxylic acid groups (broad SMARTS) is 1. The number of likely N-dealkylation sites (tertiary alicyclic amines) is 2. The standard InChI is InChI=1S/C31H35N3O8S2/c1-41-19-12-15(7-8-18(19)42-14-20(35)33-9-3-2-4-10-33)22-23-16-13-17(26(23)43-28-27(22)44-31(40)32-28)25-24(16)29(38)34(30(25)39)11-5-6-21(36)37/h7-8,12,16-17,22-26H,2-6,9-11,13-14H2,1H3,(H,32,40)(H,36,37)/t16?,17?,22-,23?,24?,25?,26?/m1/s1. The highest BCUT2D eigenvalue weighted by atomic mass is 32.2. The molecule has 6 unspecified atom stereocenters. The molecule has 13 heteroatoms. The van der Waals surface area contributed by atoms with Gasteiger partial charge in [0.25, 0.3) is 5.91 Å². The molecule has 0 radical (unpaired) electrons. The van der Waals surface area contributed by atoms with Gasteiger partial charge in [-0.05, 0) is 67.6 Å². The van der Waals surface area contributed by atoms with Gasteiger partial charge in [-0.1, -0.05) is 17.4 Å². The Kier molecular flexibility index (Phi) is 7.72. The second kappa shape index (κ2) is 11.6. The lowest BCUT2D eigenvalue weighted by Gasteiger charge is -2.43. The third-order valence-electron chi connectivity index (χ3n) is 10.2. The molecule has 234 valence electrons. The van der Waals surface area contributed by atoms with Crippen molar-refractivity contribution < 1.29 is 33.8 Å². The third kappa shape index (κ3) is 4.83. The Labute approximate surface area is 262 Å². The number of ether oxygens (including phenoxy) is 2. The van der Waals surface area contributed by atoms with E-state index in [1.165, 1.54) is 16.2 Å². The van der Waals surface area contributed by atoms with Crippen LogP contribution < -0.4 is 14.3 Å². The highest BCUT2D eigenvalue weighted by Crippen LogP contribution is 2.68. The number of carbonyl (C=O) groups excluding carboxylic acids is 3. The molecule has 4 fully saturated rings. The maximum atomic E-state index is 13.6. The number of nitrogens with one attached hydrogen (secondary N) is 1. The minimum absolute atomic E-state index is 0.00900. The number of fused-ring (bicyclic) bond motifs is 9. The summed E-state index contributed by atoms with van der Waals surface area (Å²) >= 11 is 2.81. The van der Waals surface area contributed by atoms with Crippen LogP contribution in [-0.4, -0.2) is 82.2 Å². The first kappa shape index (κ1) is 29.4.